The molecule has 0 heterocycles. The zero-order chi connectivity index (χ0) is 16.7. The Morgan fingerprint density at radius 1 is 1.22 bits per heavy atom. The van der Waals surface area contributed by atoms with Crippen molar-refractivity contribution in [2.45, 2.75) is 13.0 Å². The summed E-state index contributed by atoms with van der Waals surface area (Å²) in [6.07, 6.45) is 0.174. The summed E-state index contributed by atoms with van der Waals surface area (Å²) in [6, 6.07) is 13.7. The molecule has 0 radical (unpaired) electrons. The Balaban J connectivity index is 1.78. The van der Waals surface area contributed by atoms with Gasteiger partial charge in [0.2, 0.25) is 5.91 Å². The molecular formula is C16H15BrN2O4. The minimum Gasteiger partial charge on any atom is -0.493 e. The molecule has 2 aromatic rings. The zero-order valence-corrected chi connectivity index (χ0v) is 13.8. The van der Waals surface area contributed by atoms with E-state index in [4.69, 9.17) is 4.74 Å². The molecule has 23 heavy (non-hydrogen) atoms. The number of benzene rings is 2. The quantitative estimate of drug-likeness (QED) is 0.590. The summed E-state index contributed by atoms with van der Waals surface area (Å²) in [5.41, 5.74) is 0.469. The van der Waals surface area contributed by atoms with Crippen molar-refractivity contribution in [2.24, 2.45) is 0 Å². The number of nitrogens with zero attached hydrogens (tertiary/aromatic N) is 1. The number of nitrogens with one attached hydrogen (secondary N) is 1. The number of carbonyl (C=O) groups is 1. The normalized spacial score (nSPS) is 10.1. The topological polar surface area (TPSA) is 81.5 Å². The van der Waals surface area contributed by atoms with Crippen molar-refractivity contribution >= 4 is 27.5 Å². The van der Waals surface area contributed by atoms with Crippen molar-refractivity contribution in [3.8, 4) is 5.75 Å². The molecular weight excluding hydrogens is 364 g/mol. The summed E-state index contributed by atoms with van der Waals surface area (Å²) in [4.78, 5) is 22.2. The predicted molar refractivity (Wildman–Crippen MR) is 89.2 cm³/mol. The zero-order valence-electron chi connectivity index (χ0n) is 12.2. The lowest BCUT2D eigenvalue weighted by atomic mass is 10.2. The Morgan fingerprint density at radius 2 is 2.00 bits per heavy atom. The Kier molecular flexibility index (Phi) is 6.10. The SMILES string of the molecule is O=C(CCOc1cccc(Br)c1)NCc1ccccc1[N+](=O)[O-]. The van der Waals surface area contributed by atoms with E-state index < -0.39 is 4.92 Å². The van der Waals surface area contributed by atoms with Crippen LogP contribution in [0.25, 0.3) is 0 Å². The Hall–Kier alpha value is -2.41. The van der Waals surface area contributed by atoms with Crippen molar-refractivity contribution in [3.05, 3.63) is 68.7 Å². The number of nitro benzene ring substituents is 1. The minimum absolute atomic E-state index is 0.00168. The molecule has 7 heteroatoms. The van der Waals surface area contributed by atoms with Crippen LogP contribution in [0.15, 0.2) is 53.0 Å². The van der Waals surface area contributed by atoms with Crippen molar-refractivity contribution in [1.29, 1.82) is 0 Å². The van der Waals surface area contributed by atoms with Crippen LogP contribution >= 0.6 is 15.9 Å². The summed E-state index contributed by atoms with van der Waals surface area (Å²) in [5.74, 6) is 0.448. The number of nitro groups is 1. The van der Waals surface area contributed by atoms with E-state index in [0.717, 1.165) is 4.47 Å². The maximum absolute atomic E-state index is 11.8. The average Bonchev–Trinajstić information content (AvgIpc) is 2.53. The summed E-state index contributed by atoms with van der Waals surface area (Å²) < 4.78 is 6.37. The summed E-state index contributed by atoms with van der Waals surface area (Å²) >= 11 is 3.34. The minimum atomic E-state index is -0.460. The number of hydrogen-bond donors (Lipinski definition) is 1. The molecule has 1 amide bonds. The van der Waals surface area contributed by atoms with Gasteiger partial charge in [0.1, 0.15) is 5.75 Å². The van der Waals surface area contributed by atoms with Crippen LogP contribution < -0.4 is 10.1 Å². The van der Waals surface area contributed by atoms with E-state index in [1.54, 1.807) is 24.3 Å². The number of para-hydroxylation sites is 1. The molecule has 0 bridgehead atoms. The molecule has 1 N–H and O–H groups in total. The maximum Gasteiger partial charge on any atom is 0.274 e. The van der Waals surface area contributed by atoms with Crippen LogP contribution in [-0.4, -0.2) is 17.4 Å². The third-order valence-electron chi connectivity index (χ3n) is 3.06. The Morgan fingerprint density at radius 3 is 2.74 bits per heavy atom. The van der Waals surface area contributed by atoms with Gasteiger partial charge in [-0.15, -0.1) is 0 Å². The summed E-state index contributed by atoms with van der Waals surface area (Å²) in [6.45, 7) is 0.353. The standard InChI is InChI=1S/C16H15BrN2O4/c17-13-5-3-6-14(10-13)23-9-8-16(20)18-11-12-4-1-2-7-15(12)19(21)22/h1-7,10H,8-9,11H2,(H,18,20). The molecule has 2 rings (SSSR count). The Labute approximate surface area is 141 Å². The fraction of sp³-hybridized carbons (Fsp3) is 0.188. The number of amides is 1. The lowest BCUT2D eigenvalue weighted by Gasteiger charge is -2.08. The summed E-state index contributed by atoms with van der Waals surface area (Å²) in [5, 5.41) is 13.6. The van der Waals surface area contributed by atoms with Crippen molar-refractivity contribution in [2.75, 3.05) is 6.61 Å². The van der Waals surface area contributed by atoms with Gasteiger partial charge in [0.25, 0.3) is 5.69 Å². The molecule has 0 aromatic heterocycles. The van der Waals surface area contributed by atoms with E-state index in [9.17, 15) is 14.9 Å². The Bertz CT molecular complexity index is 706. The molecule has 0 unspecified atom stereocenters. The van der Waals surface area contributed by atoms with E-state index in [0.29, 0.717) is 11.3 Å². The highest BCUT2D eigenvalue weighted by Gasteiger charge is 2.12. The second-order valence-electron chi connectivity index (χ2n) is 4.72. The first-order valence-corrected chi connectivity index (χ1v) is 7.73. The van der Waals surface area contributed by atoms with E-state index in [-0.39, 0.29) is 31.2 Å². The molecule has 0 saturated carbocycles. The molecule has 2 aromatic carbocycles. The molecule has 120 valence electrons. The van der Waals surface area contributed by atoms with E-state index in [1.165, 1.54) is 6.07 Å². The predicted octanol–water partition coefficient (Wildman–Crippen LogP) is 3.44. The lowest BCUT2D eigenvalue weighted by Crippen LogP contribution is -2.24. The van der Waals surface area contributed by atoms with Gasteiger partial charge in [-0.2, -0.15) is 0 Å². The molecule has 0 aliphatic rings. The van der Waals surface area contributed by atoms with Crippen molar-refractivity contribution in [3.63, 3.8) is 0 Å². The van der Waals surface area contributed by atoms with Crippen LogP contribution in [0.2, 0.25) is 0 Å². The van der Waals surface area contributed by atoms with Gasteiger partial charge in [0.15, 0.2) is 0 Å². The number of hydrogen-bond acceptors (Lipinski definition) is 4. The van der Waals surface area contributed by atoms with Gasteiger partial charge >= 0.3 is 0 Å². The largest absolute Gasteiger partial charge is 0.493 e. The molecule has 0 fully saturated rings. The van der Waals surface area contributed by atoms with Gasteiger partial charge in [-0.25, -0.2) is 0 Å². The third kappa shape index (κ3) is 5.37. The van der Waals surface area contributed by atoms with Crippen LogP contribution in [0.4, 0.5) is 5.69 Å². The second kappa shape index (κ2) is 8.28. The summed E-state index contributed by atoms with van der Waals surface area (Å²) in [7, 11) is 0. The van der Waals surface area contributed by atoms with Gasteiger partial charge in [-0.3, -0.25) is 14.9 Å². The first-order chi connectivity index (χ1) is 11.1. The number of ether oxygens (including phenoxy) is 1. The lowest BCUT2D eigenvalue weighted by molar-refractivity contribution is -0.385. The monoisotopic (exact) mass is 378 g/mol. The fourth-order valence-corrected chi connectivity index (χ4v) is 2.32. The van der Waals surface area contributed by atoms with Gasteiger partial charge in [-0.05, 0) is 18.2 Å². The van der Waals surface area contributed by atoms with E-state index >= 15 is 0 Å². The average molecular weight is 379 g/mol. The van der Waals surface area contributed by atoms with Crippen LogP contribution in [0.5, 0.6) is 5.75 Å². The molecule has 0 atom stereocenters. The number of rotatable bonds is 7. The highest BCUT2D eigenvalue weighted by atomic mass is 79.9. The van der Waals surface area contributed by atoms with Crippen molar-refractivity contribution < 1.29 is 14.5 Å². The maximum atomic E-state index is 11.8. The molecule has 6 nitrogen and oxygen atoms in total. The number of halogens is 1. The van der Waals surface area contributed by atoms with Gasteiger partial charge in [0.05, 0.1) is 18.0 Å². The molecule has 0 aliphatic heterocycles. The van der Waals surface area contributed by atoms with E-state index in [2.05, 4.69) is 21.2 Å². The fourth-order valence-electron chi connectivity index (χ4n) is 1.94. The van der Waals surface area contributed by atoms with Crippen LogP contribution in [0.1, 0.15) is 12.0 Å². The molecule has 0 aliphatic carbocycles. The second-order valence-corrected chi connectivity index (χ2v) is 5.63. The van der Waals surface area contributed by atoms with Crippen LogP contribution in [-0.2, 0) is 11.3 Å². The van der Waals surface area contributed by atoms with Gasteiger partial charge < -0.3 is 10.1 Å². The first kappa shape index (κ1) is 17.0. The highest BCUT2D eigenvalue weighted by Crippen LogP contribution is 2.18. The smallest absolute Gasteiger partial charge is 0.274 e. The highest BCUT2D eigenvalue weighted by molar-refractivity contribution is 9.10. The van der Waals surface area contributed by atoms with Crippen molar-refractivity contribution in [1.82, 2.24) is 5.32 Å². The van der Waals surface area contributed by atoms with Crippen LogP contribution in [0, 0.1) is 10.1 Å². The first-order valence-electron chi connectivity index (χ1n) is 6.93. The van der Waals surface area contributed by atoms with Gasteiger partial charge in [0, 0.05) is 22.6 Å². The third-order valence-corrected chi connectivity index (χ3v) is 3.55. The van der Waals surface area contributed by atoms with Gasteiger partial charge in [-0.1, -0.05) is 40.2 Å². The number of carbonyl (C=O) groups excluding carboxylic acids is 1. The molecule has 0 spiro atoms. The van der Waals surface area contributed by atoms with Crippen LogP contribution in [0.3, 0.4) is 0 Å². The molecule has 0 saturated heterocycles. The van der Waals surface area contributed by atoms with E-state index in [1.807, 2.05) is 18.2 Å².